The molecule has 0 saturated carbocycles. The lowest BCUT2D eigenvalue weighted by atomic mass is 10.3. The van der Waals surface area contributed by atoms with Gasteiger partial charge in [0, 0.05) is 30.6 Å². The zero-order valence-electron chi connectivity index (χ0n) is 13.9. The fraction of sp³-hybridized carbons (Fsp3) is 0.118. The lowest BCUT2D eigenvalue weighted by molar-refractivity contribution is -0.115. The SMILES string of the molecule is CCn1cc(C=CC(=O)NC(=S)Nc2nccc(-c3ccco3)n2)cn1. The summed E-state index contributed by atoms with van der Waals surface area (Å²) in [6.45, 7) is 2.76. The highest BCUT2D eigenvalue weighted by atomic mass is 32.1. The third-order valence-electron chi connectivity index (χ3n) is 3.30. The monoisotopic (exact) mass is 368 g/mol. The average molecular weight is 368 g/mol. The zero-order chi connectivity index (χ0) is 18.4. The molecule has 132 valence electrons. The van der Waals surface area contributed by atoms with Gasteiger partial charge in [0.15, 0.2) is 10.9 Å². The standard InChI is InChI=1S/C17H16N6O2S/c1-2-23-11-12(10-19-23)5-6-15(24)21-17(26)22-16-18-8-7-13(20-16)14-4-3-9-25-14/h3-11H,2H2,1H3,(H2,18,20,21,22,24,26). The van der Waals surface area contributed by atoms with E-state index < -0.39 is 0 Å². The Morgan fingerprint density at radius 2 is 2.31 bits per heavy atom. The van der Waals surface area contributed by atoms with Gasteiger partial charge in [0.2, 0.25) is 11.9 Å². The van der Waals surface area contributed by atoms with Crippen molar-refractivity contribution >= 4 is 35.3 Å². The molecule has 0 radical (unpaired) electrons. The molecule has 0 aliphatic rings. The van der Waals surface area contributed by atoms with E-state index in [1.54, 1.807) is 47.6 Å². The smallest absolute Gasteiger partial charge is 0.250 e. The molecule has 26 heavy (non-hydrogen) atoms. The number of aromatic nitrogens is 4. The predicted molar refractivity (Wildman–Crippen MR) is 101 cm³/mol. The average Bonchev–Trinajstić information content (AvgIpc) is 3.32. The Bertz CT molecular complexity index is 932. The van der Waals surface area contributed by atoms with Gasteiger partial charge in [-0.15, -0.1) is 0 Å². The number of carbonyl (C=O) groups is 1. The molecular weight excluding hydrogens is 352 g/mol. The number of hydrogen-bond acceptors (Lipinski definition) is 6. The van der Waals surface area contributed by atoms with Gasteiger partial charge < -0.3 is 9.73 Å². The van der Waals surface area contributed by atoms with Crippen LogP contribution in [0.3, 0.4) is 0 Å². The highest BCUT2D eigenvalue weighted by Gasteiger charge is 2.07. The summed E-state index contributed by atoms with van der Waals surface area (Å²) in [5.41, 5.74) is 1.44. The molecule has 0 aliphatic heterocycles. The summed E-state index contributed by atoms with van der Waals surface area (Å²) < 4.78 is 7.06. The molecule has 1 amide bonds. The van der Waals surface area contributed by atoms with E-state index in [1.807, 2.05) is 13.1 Å². The number of carbonyl (C=O) groups excluding carboxylic acids is 1. The molecule has 3 rings (SSSR count). The Hall–Kier alpha value is -3.33. The third-order valence-corrected chi connectivity index (χ3v) is 3.50. The normalized spacial score (nSPS) is 10.8. The van der Waals surface area contributed by atoms with Crippen molar-refractivity contribution in [2.75, 3.05) is 5.32 Å². The van der Waals surface area contributed by atoms with Crippen molar-refractivity contribution < 1.29 is 9.21 Å². The number of rotatable bonds is 5. The summed E-state index contributed by atoms with van der Waals surface area (Å²) in [4.78, 5) is 20.3. The van der Waals surface area contributed by atoms with Gasteiger partial charge in [-0.3, -0.25) is 14.8 Å². The van der Waals surface area contributed by atoms with Crippen LogP contribution in [-0.4, -0.2) is 30.8 Å². The second-order valence-corrected chi connectivity index (χ2v) is 5.56. The Kier molecular flexibility index (Phi) is 5.49. The number of anilines is 1. The molecule has 9 heteroatoms. The molecule has 2 N–H and O–H groups in total. The summed E-state index contributed by atoms with van der Waals surface area (Å²) in [5.74, 6) is 0.507. The first-order valence-electron chi connectivity index (χ1n) is 7.83. The maximum Gasteiger partial charge on any atom is 0.250 e. The summed E-state index contributed by atoms with van der Waals surface area (Å²) in [7, 11) is 0. The van der Waals surface area contributed by atoms with E-state index in [0.29, 0.717) is 11.5 Å². The Morgan fingerprint density at radius 3 is 3.04 bits per heavy atom. The van der Waals surface area contributed by atoms with Crippen LogP contribution >= 0.6 is 12.2 Å². The fourth-order valence-corrected chi connectivity index (χ4v) is 2.27. The van der Waals surface area contributed by atoms with Gasteiger partial charge in [-0.1, -0.05) is 0 Å². The first-order chi connectivity index (χ1) is 12.6. The van der Waals surface area contributed by atoms with Crippen LogP contribution in [0, 0.1) is 0 Å². The van der Waals surface area contributed by atoms with Gasteiger partial charge in [-0.05, 0) is 43.4 Å². The highest BCUT2D eigenvalue weighted by Crippen LogP contribution is 2.17. The summed E-state index contributed by atoms with van der Waals surface area (Å²) in [6.07, 6.45) is 9.69. The van der Waals surface area contributed by atoms with E-state index in [9.17, 15) is 4.79 Å². The molecule has 0 saturated heterocycles. The van der Waals surface area contributed by atoms with Crippen LogP contribution < -0.4 is 10.6 Å². The minimum atomic E-state index is -0.367. The first kappa shape index (κ1) is 17.5. The minimum absolute atomic E-state index is 0.0977. The summed E-state index contributed by atoms with van der Waals surface area (Å²) in [5, 5.41) is 9.54. The van der Waals surface area contributed by atoms with Gasteiger partial charge in [-0.25, -0.2) is 9.97 Å². The lowest BCUT2D eigenvalue weighted by Gasteiger charge is -2.07. The molecular formula is C17H16N6O2S. The molecule has 8 nitrogen and oxygen atoms in total. The van der Waals surface area contributed by atoms with E-state index >= 15 is 0 Å². The number of hydrogen-bond donors (Lipinski definition) is 2. The van der Waals surface area contributed by atoms with Gasteiger partial charge in [0.05, 0.1) is 12.5 Å². The second kappa shape index (κ2) is 8.17. The first-order valence-corrected chi connectivity index (χ1v) is 8.24. The second-order valence-electron chi connectivity index (χ2n) is 5.15. The van der Waals surface area contributed by atoms with Crippen molar-refractivity contribution in [2.24, 2.45) is 0 Å². The van der Waals surface area contributed by atoms with Crippen molar-refractivity contribution in [1.29, 1.82) is 0 Å². The number of thiocarbonyl (C=S) groups is 1. The van der Waals surface area contributed by atoms with E-state index in [0.717, 1.165) is 12.1 Å². The number of amides is 1. The van der Waals surface area contributed by atoms with Crippen LogP contribution in [0.15, 0.2) is 53.5 Å². The lowest BCUT2D eigenvalue weighted by Crippen LogP contribution is -2.33. The molecule has 0 bridgehead atoms. The maximum atomic E-state index is 11.9. The van der Waals surface area contributed by atoms with Gasteiger partial charge in [0.25, 0.3) is 0 Å². The van der Waals surface area contributed by atoms with Crippen LogP contribution in [0.2, 0.25) is 0 Å². The van der Waals surface area contributed by atoms with E-state index in [4.69, 9.17) is 16.6 Å². The van der Waals surface area contributed by atoms with Crippen molar-refractivity contribution in [3.63, 3.8) is 0 Å². The van der Waals surface area contributed by atoms with Gasteiger partial charge >= 0.3 is 0 Å². The van der Waals surface area contributed by atoms with Crippen LogP contribution in [0.1, 0.15) is 12.5 Å². The molecule has 3 aromatic rings. The Balaban J connectivity index is 1.56. The molecule has 0 aliphatic carbocycles. The highest BCUT2D eigenvalue weighted by molar-refractivity contribution is 7.80. The van der Waals surface area contributed by atoms with Crippen LogP contribution in [0.5, 0.6) is 0 Å². The number of furan rings is 1. The summed E-state index contributed by atoms with van der Waals surface area (Å²) >= 11 is 5.11. The predicted octanol–water partition coefficient (Wildman–Crippen LogP) is 2.48. The molecule has 3 aromatic heterocycles. The van der Waals surface area contributed by atoms with Gasteiger partial charge in [-0.2, -0.15) is 5.10 Å². The quantitative estimate of drug-likeness (QED) is 0.527. The molecule has 0 fully saturated rings. The largest absolute Gasteiger partial charge is 0.463 e. The number of aryl methyl sites for hydroxylation is 1. The fourth-order valence-electron chi connectivity index (χ4n) is 2.08. The van der Waals surface area contributed by atoms with E-state index in [1.165, 1.54) is 6.08 Å². The summed E-state index contributed by atoms with van der Waals surface area (Å²) in [6, 6.07) is 5.27. The third kappa shape index (κ3) is 4.61. The Morgan fingerprint density at radius 1 is 1.42 bits per heavy atom. The van der Waals surface area contributed by atoms with Crippen molar-refractivity contribution in [3.8, 4) is 11.5 Å². The van der Waals surface area contributed by atoms with Gasteiger partial charge in [0.1, 0.15) is 5.69 Å². The number of nitrogens with one attached hydrogen (secondary N) is 2. The van der Waals surface area contributed by atoms with E-state index in [-0.39, 0.29) is 17.0 Å². The molecule has 0 unspecified atom stereocenters. The molecule has 0 aromatic carbocycles. The van der Waals surface area contributed by atoms with Crippen molar-refractivity contribution in [1.82, 2.24) is 25.1 Å². The van der Waals surface area contributed by atoms with Crippen LogP contribution in [-0.2, 0) is 11.3 Å². The minimum Gasteiger partial charge on any atom is -0.463 e. The number of nitrogens with zero attached hydrogens (tertiary/aromatic N) is 4. The Labute approximate surface area is 155 Å². The topological polar surface area (TPSA) is 97.9 Å². The van der Waals surface area contributed by atoms with Crippen LogP contribution in [0.4, 0.5) is 5.95 Å². The molecule has 0 spiro atoms. The van der Waals surface area contributed by atoms with Crippen molar-refractivity contribution in [3.05, 3.63) is 54.7 Å². The zero-order valence-corrected chi connectivity index (χ0v) is 14.7. The van der Waals surface area contributed by atoms with Crippen LogP contribution in [0.25, 0.3) is 17.5 Å². The van der Waals surface area contributed by atoms with Crippen molar-refractivity contribution in [2.45, 2.75) is 13.5 Å². The van der Waals surface area contributed by atoms with E-state index in [2.05, 4.69) is 25.7 Å². The maximum absolute atomic E-state index is 11.9. The molecule has 3 heterocycles. The molecule has 0 atom stereocenters.